The van der Waals surface area contributed by atoms with Gasteiger partial charge in [0, 0.05) is 31.2 Å². The number of hydrogen-bond acceptors (Lipinski definition) is 3. The Kier molecular flexibility index (Phi) is 8.88. The van der Waals surface area contributed by atoms with E-state index in [9.17, 15) is 9.18 Å². The Morgan fingerprint density at radius 2 is 1.73 bits per heavy atom. The van der Waals surface area contributed by atoms with Gasteiger partial charge >= 0.3 is 6.03 Å². The Balaban J connectivity index is 1.16. The minimum absolute atomic E-state index is 0.171. The first-order chi connectivity index (χ1) is 16.2. The van der Waals surface area contributed by atoms with Crippen molar-refractivity contribution in [3.05, 3.63) is 29.6 Å². The maximum absolute atomic E-state index is 13.9. The number of piperidine rings is 1. The van der Waals surface area contributed by atoms with Gasteiger partial charge in [-0.25, -0.2) is 9.18 Å². The van der Waals surface area contributed by atoms with Crippen molar-refractivity contribution in [2.45, 2.75) is 83.1 Å². The molecule has 2 aliphatic heterocycles. The van der Waals surface area contributed by atoms with Crippen LogP contribution in [0.3, 0.4) is 0 Å². The van der Waals surface area contributed by atoms with Crippen molar-refractivity contribution in [2.24, 2.45) is 0 Å². The molecule has 0 spiro atoms. The molecule has 3 aliphatic rings. The van der Waals surface area contributed by atoms with Crippen molar-refractivity contribution in [3.8, 4) is 5.75 Å². The Morgan fingerprint density at radius 1 is 0.970 bits per heavy atom. The third-order valence-corrected chi connectivity index (χ3v) is 7.76. The molecule has 1 aliphatic carbocycles. The van der Waals surface area contributed by atoms with Crippen LogP contribution in [0, 0.1) is 5.82 Å². The van der Waals surface area contributed by atoms with E-state index in [-0.39, 0.29) is 11.8 Å². The molecular weight excluding hydrogens is 417 g/mol. The summed E-state index contributed by atoms with van der Waals surface area (Å²) in [5.74, 6) is 1.06. The van der Waals surface area contributed by atoms with Crippen LogP contribution in [0.25, 0.3) is 0 Å². The summed E-state index contributed by atoms with van der Waals surface area (Å²) >= 11 is 0. The zero-order valence-electron chi connectivity index (χ0n) is 20.4. The molecular formula is C27H42FN3O2. The van der Waals surface area contributed by atoms with Gasteiger partial charge in [0.15, 0.2) is 0 Å². The van der Waals surface area contributed by atoms with E-state index in [0.29, 0.717) is 18.6 Å². The van der Waals surface area contributed by atoms with Gasteiger partial charge in [-0.1, -0.05) is 26.2 Å². The highest BCUT2D eigenvalue weighted by Gasteiger charge is 2.33. The summed E-state index contributed by atoms with van der Waals surface area (Å²) in [6, 6.07) is 5.74. The van der Waals surface area contributed by atoms with Gasteiger partial charge < -0.3 is 19.4 Å². The number of carbonyl (C=O) groups is 1. The second-order valence-electron chi connectivity index (χ2n) is 10.1. The topological polar surface area (TPSA) is 36.0 Å². The fourth-order valence-electron chi connectivity index (χ4n) is 5.83. The number of rotatable bonds is 10. The Morgan fingerprint density at radius 3 is 2.48 bits per heavy atom. The van der Waals surface area contributed by atoms with Gasteiger partial charge in [0.05, 0.1) is 6.61 Å². The molecule has 2 heterocycles. The number of hydrogen-bond donors (Lipinski definition) is 0. The summed E-state index contributed by atoms with van der Waals surface area (Å²) in [5, 5.41) is 0. The summed E-state index contributed by atoms with van der Waals surface area (Å²) in [6.07, 6.45) is 11.5. The lowest BCUT2D eigenvalue weighted by atomic mass is 9.88. The first-order valence-electron chi connectivity index (χ1n) is 13.4. The van der Waals surface area contributed by atoms with Gasteiger partial charge in [-0.3, -0.25) is 0 Å². The molecule has 1 aromatic rings. The molecule has 33 heavy (non-hydrogen) atoms. The van der Waals surface area contributed by atoms with Crippen molar-refractivity contribution < 1.29 is 13.9 Å². The van der Waals surface area contributed by atoms with E-state index in [2.05, 4.69) is 21.6 Å². The third-order valence-electron chi connectivity index (χ3n) is 7.76. The average molecular weight is 460 g/mol. The van der Waals surface area contributed by atoms with E-state index in [0.717, 1.165) is 82.7 Å². The number of ether oxygens (including phenoxy) is 1. The van der Waals surface area contributed by atoms with Crippen molar-refractivity contribution in [3.63, 3.8) is 0 Å². The number of urea groups is 1. The van der Waals surface area contributed by atoms with Crippen LogP contribution in [0.1, 0.15) is 82.6 Å². The highest BCUT2D eigenvalue weighted by molar-refractivity contribution is 5.76. The number of benzene rings is 1. The van der Waals surface area contributed by atoms with Crippen molar-refractivity contribution in [1.29, 1.82) is 0 Å². The highest BCUT2D eigenvalue weighted by Crippen LogP contribution is 2.35. The number of likely N-dealkylation sites (tertiary alicyclic amines) is 1. The molecule has 0 unspecified atom stereocenters. The maximum atomic E-state index is 13.9. The number of nitrogens with zero attached hydrogens (tertiary/aromatic N) is 3. The van der Waals surface area contributed by atoms with Crippen molar-refractivity contribution in [1.82, 2.24) is 14.7 Å². The van der Waals surface area contributed by atoms with Crippen LogP contribution in [0.5, 0.6) is 5.75 Å². The Labute approximate surface area is 199 Å². The third kappa shape index (κ3) is 6.40. The maximum Gasteiger partial charge on any atom is 0.320 e. The Bertz CT molecular complexity index is 760. The first kappa shape index (κ1) is 24.3. The largest absolute Gasteiger partial charge is 0.493 e. The summed E-state index contributed by atoms with van der Waals surface area (Å²) in [6.45, 7) is 8.66. The Hall–Kier alpha value is -1.82. The van der Waals surface area contributed by atoms with Crippen LogP contribution >= 0.6 is 0 Å². The van der Waals surface area contributed by atoms with Crippen LogP contribution in [0.2, 0.25) is 0 Å². The second kappa shape index (κ2) is 12.0. The monoisotopic (exact) mass is 459 g/mol. The molecule has 5 nitrogen and oxygen atoms in total. The van der Waals surface area contributed by atoms with E-state index in [1.165, 1.54) is 38.2 Å². The number of unbranched alkanes of at least 4 members (excludes halogenated alkanes) is 1. The summed E-state index contributed by atoms with van der Waals surface area (Å²) < 4.78 is 19.8. The number of carbonyl (C=O) groups excluding carboxylic acids is 1. The predicted octanol–water partition coefficient (Wildman–Crippen LogP) is 5.64. The number of amides is 2. The minimum Gasteiger partial charge on any atom is -0.493 e. The van der Waals surface area contributed by atoms with Gasteiger partial charge in [-0.15, -0.1) is 0 Å². The van der Waals surface area contributed by atoms with E-state index in [1.807, 2.05) is 0 Å². The van der Waals surface area contributed by atoms with Gasteiger partial charge in [-0.05, 0) is 88.7 Å². The fraction of sp³-hybridized carbons (Fsp3) is 0.741. The molecule has 0 atom stereocenters. The fourth-order valence-corrected chi connectivity index (χ4v) is 5.83. The molecule has 0 bridgehead atoms. The first-order valence-corrected chi connectivity index (χ1v) is 13.4. The van der Waals surface area contributed by atoms with Crippen molar-refractivity contribution >= 4 is 6.03 Å². The molecule has 6 heteroatoms. The van der Waals surface area contributed by atoms with E-state index in [1.54, 1.807) is 12.1 Å². The number of halogens is 1. The second-order valence-corrected chi connectivity index (χ2v) is 10.1. The predicted molar refractivity (Wildman–Crippen MR) is 130 cm³/mol. The lowest BCUT2D eigenvalue weighted by Gasteiger charge is -2.33. The molecule has 2 amide bonds. The molecule has 4 rings (SSSR count). The van der Waals surface area contributed by atoms with Gasteiger partial charge in [0.25, 0.3) is 0 Å². The van der Waals surface area contributed by atoms with Crippen LogP contribution in [-0.4, -0.2) is 72.6 Å². The normalized spacial score (nSPS) is 21.2. The van der Waals surface area contributed by atoms with E-state index < -0.39 is 0 Å². The molecule has 1 saturated carbocycles. The van der Waals surface area contributed by atoms with Gasteiger partial charge in [0.1, 0.15) is 11.6 Å². The molecule has 0 aromatic heterocycles. The SMILES string of the molecule is CCCOc1ccc(F)cc1C1CCN(CCCCN2CCN(C3CCCCC3)C2=O)CC1. The quantitative estimate of drug-likeness (QED) is 0.425. The van der Waals surface area contributed by atoms with E-state index >= 15 is 0 Å². The lowest BCUT2D eigenvalue weighted by molar-refractivity contribution is 0.162. The zero-order chi connectivity index (χ0) is 23.0. The summed E-state index contributed by atoms with van der Waals surface area (Å²) in [4.78, 5) is 19.5. The lowest BCUT2D eigenvalue weighted by Crippen LogP contribution is -2.40. The van der Waals surface area contributed by atoms with Crippen LogP contribution < -0.4 is 4.74 Å². The highest BCUT2D eigenvalue weighted by atomic mass is 19.1. The van der Waals surface area contributed by atoms with Gasteiger partial charge in [0.2, 0.25) is 0 Å². The average Bonchev–Trinajstić information content (AvgIpc) is 3.22. The molecule has 2 saturated heterocycles. The van der Waals surface area contributed by atoms with Crippen LogP contribution in [-0.2, 0) is 0 Å². The molecule has 3 fully saturated rings. The van der Waals surface area contributed by atoms with Crippen LogP contribution in [0.4, 0.5) is 9.18 Å². The van der Waals surface area contributed by atoms with Crippen molar-refractivity contribution in [2.75, 3.05) is 45.9 Å². The van der Waals surface area contributed by atoms with Crippen LogP contribution in [0.15, 0.2) is 18.2 Å². The van der Waals surface area contributed by atoms with Gasteiger partial charge in [-0.2, -0.15) is 0 Å². The zero-order valence-corrected chi connectivity index (χ0v) is 20.4. The molecule has 1 aromatic carbocycles. The molecule has 184 valence electrons. The summed E-state index contributed by atoms with van der Waals surface area (Å²) in [5.41, 5.74) is 1.04. The summed E-state index contributed by atoms with van der Waals surface area (Å²) in [7, 11) is 0. The van der Waals surface area contributed by atoms with E-state index in [4.69, 9.17) is 4.74 Å². The molecule has 0 N–H and O–H groups in total. The standard InChI is InChI=1S/C27H42FN3O2/c1-2-20-33-26-11-10-23(28)21-25(26)22-12-16-29(17-13-22)14-6-7-15-30-18-19-31(27(30)32)24-8-4-3-5-9-24/h10-11,21-22,24H,2-9,12-20H2,1H3. The molecule has 0 radical (unpaired) electrons. The minimum atomic E-state index is -0.171. The smallest absolute Gasteiger partial charge is 0.320 e.